The quantitative estimate of drug-likeness (QED) is 0.138. The van der Waals surface area contributed by atoms with E-state index in [0.29, 0.717) is 26.2 Å². The second-order valence-corrected chi connectivity index (χ2v) is 10.6. The third-order valence-corrected chi connectivity index (χ3v) is 7.11. The molecule has 3 aromatic rings. The van der Waals surface area contributed by atoms with Crippen molar-refractivity contribution in [3.63, 3.8) is 0 Å². The van der Waals surface area contributed by atoms with Crippen LogP contribution in [-0.2, 0) is 42.8 Å². The molecule has 11 nitrogen and oxygen atoms in total. The molecule has 0 radical (unpaired) electrons. The van der Waals surface area contributed by atoms with E-state index in [0.717, 1.165) is 68.1 Å². The van der Waals surface area contributed by atoms with Crippen molar-refractivity contribution < 1.29 is 19.8 Å². The first-order chi connectivity index (χ1) is 19.8. The zero-order chi connectivity index (χ0) is 29.6. The van der Waals surface area contributed by atoms with Crippen LogP contribution in [0.2, 0.25) is 0 Å². The molecule has 224 valence electrons. The number of nitrogens with zero attached hydrogens (tertiary/aromatic N) is 6. The molecule has 2 heterocycles. The Morgan fingerprint density at radius 1 is 0.829 bits per heavy atom. The highest BCUT2D eigenvalue weighted by Crippen LogP contribution is 2.16. The van der Waals surface area contributed by atoms with E-state index in [9.17, 15) is 19.8 Å². The summed E-state index contributed by atoms with van der Waals surface area (Å²) >= 11 is 0. The van der Waals surface area contributed by atoms with E-state index in [4.69, 9.17) is 0 Å². The van der Waals surface area contributed by atoms with Crippen molar-refractivity contribution in [2.24, 2.45) is 7.05 Å². The Balaban J connectivity index is 1.66. The van der Waals surface area contributed by atoms with Gasteiger partial charge in [-0.05, 0) is 63.0 Å². The molecule has 0 aliphatic heterocycles. The van der Waals surface area contributed by atoms with Crippen molar-refractivity contribution in [1.82, 2.24) is 34.2 Å². The van der Waals surface area contributed by atoms with Crippen molar-refractivity contribution in [2.45, 2.75) is 71.8 Å². The summed E-state index contributed by atoms with van der Waals surface area (Å²) in [7, 11) is 1.97. The van der Waals surface area contributed by atoms with Gasteiger partial charge in [0, 0.05) is 44.9 Å². The summed E-state index contributed by atoms with van der Waals surface area (Å²) in [5, 5.41) is 19.4. The van der Waals surface area contributed by atoms with Crippen molar-refractivity contribution in [3.05, 3.63) is 71.8 Å². The summed E-state index contributed by atoms with van der Waals surface area (Å²) in [6.45, 7) is 9.92. The Labute approximate surface area is 242 Å². The molecule has 0 bridgehead atoms. The molecule has 0 saturated heterocycles. The highest BCUT2D eigenvalue weighted by atomic mass is 16.4. The van der Waals surface area contributed by atoms with Crippen molar-refractivity contribution >= 4 is 11.9 Å². The molecule has 3 rings (SSSR count). The van der Waals surface area contributed by atoms with E-state index in [1.165, 1.54) is 0 Å². The maximum atomic E-state index is 11.9. The van der Waals surface area contributed by atoms with Gasteiger partial charge in [-0.25, -0.2) is 19.6 Å². The largest absolute Gasteiger partial charge is 0.480 e. The van der Waals surface area contributed by atoms with E-state index in [1.54, 1.807) is 17.3 Å². The molecular weight excluding hydrogens is 522 g/mol. The lowest BCUT2D eigenvalue weighted by Crippen LogP contribution is -2.47. The fourth-order valence-electron chi connectivity index (χ4n) is 5.09. The number of aromatic amines is 1. The molecule has 0 saturated carbocycles. The molecule has 0 amide bonds. The molecule has 0 aliphatic rings. The molecule has 1 aromatic carbocycles. The number of H-pyrrole nitrogens is 1. The lowest BCUT2D eigenvalue weighted by atomic mass is 10.1. The van der Waals surface area contributed by atoms with Gasteiger partial charge in [-0.15, -0.1) is 0 Å². The number of carboxylic acid groups (broad SMARTS) is 2. The Kier molecular flexibility index (Phi) is 13.0. The van der Waals surface area contributed by atoms with E-state index in [2.05, 4.69) is 38.6 Å². The normalized spacial score (nSPS) is 11.8. The van der Waals surface area contributed by atoms with Crippen LogP contribution in [0.3, 0.4) is 0 Å². The minimum Gasteiger partial charge on any atom is -0.480 e. The van der Waals surface area contributed by atoms with Crippen LogP contribution < -0.4 is 0 Å². The second-order valence-electron chi connectivity index (χ2n) is 10.6. The highest BCUT2D eigenvalue weighted by molar-refractivity contribution is 5.97. The van der Waals surface area contributed by atoms with Gasteiger partial charge in [-0.3, -0.25) is 9.80 Å². The predicted molar refractivity (Wildman–Crippen MR) is 157 cm³/mol. The number of unbranched alkanes of at least 4 members (excludes halogenated alkanes) is 1. The molecular formula is C30H45N7O4. The van der Waals surface area contributed by atoms with Gasteiger partial charge in [0.1, 0.15) is 11.6 Å². The Bertz CT molecular complexity index is 1160. The molecule has 0 spiro atoms. The van der Waals surface area contributed by atoms with Crippen molar-refractivity contribution in [3.8, 4) is 0 Å². The van der Waals surface area contributed by atoms with Gasteiger partial charge in [0.2, 0.25) is 6.04 Å². The number of carboxylic acids is 2. The first kappa shape index (κ1) is 32.0. The Morgan fingerprint density at radius 2 is 1.46 bits per heavy atom. The van der Waals surface area contributed by atoms with Gasteiger partial charge in [0.25, 0.3) is 0 Å². The number of imidazole rings is 2. The van der Waals surface area contributed by atoms with Gasteiger partial charge in [0.05, 0.1) is 13.1 Å². The minimum atomic E-state index is -1.58. The lowest BCUT2D eigenvalue weighted by molar-refractivity contribution is -0.157. The SMILES string of the molecule is CCCN(CCC)CCCCN(Cc1ccc(CN(Cc2ncc[nH]2)Cc2nccn2C)cc1)C(C(=O)O)C(=O)O. The number of nitrogens with one attached hydrogen (secondary N) is 1. The van der Waals surface area contributed by atoms with Crippen LogP contribution in [0, 0.1) is 0 Å². The van der Waals surface area contributed by atoms with Crippen LogP contribution in [0.1, 0.15) is 62.3 Å². The molecule has 41 heavy (non-hydrogen) atoms. The van der Waals surface area contributed by atoms with Gasteiger partial charge in [-0.1, -0.05) is 38.1 Å². The van der Waals surface area contributed by atoms with Crippen molar-refractivity contribution in [2.75, 3.05) is 26.2 Å². The van der Waals surface area contributed by atoms with Crippen LogP contribution in [0.4, 0.5) is 0 Å². The molecule has 3 N–H and O–H groups in total. The number of hydrogen-bond donors (Lipinski definition) is 3. The fraction of sp³-hybridized carbons (Fsp3) is 0.533. The van der Waals surface area contributed by atoms with Crippen LogP contribution >= 0.6 is 0 Å². The van der Waals surface area contributed by atoms with Crippen LogP contribution in [0.5, 0.6) is 0 Å². The number of hydrogen-bond acceptors (Lipinski definition) is 7. The number of carbonyl (C=O) groups is 2. The molecule has 0 unspecified atom stereocenters. The number of aliphatic carboxylic acids is 2. The first-order valence-corrected chi connectivity index (χ1v) is 14.5. The average molecular weight is 568 g/mol. The number of aryl methyl sites for hydroxylation is 1. The van der Waals surface area contributed by atoms with Crippen molar-refractivity contribution in [1.29, 1.82) is 0 Å². The zero-order valence-electron chi connectivity index (χ0n) is 24.6. The van der Waals surface area contributed by atoms with E-state index < -0.39 is 18.0 Å². The van der Waals surface area contributed by atoms with Gasteiger partial charge in [0.15, 0.2) is 0 Å². The van der Waals surface area contributed by atoms with E-state index in [1.807, 2.05) is 48.3 Å². The van der Waals surface area contributed by atoms with Gasteiger partial charge in [-0.2, -0.15) is 0 Å². The van der Waals surface area contributed by atoms with Crippen LogP contribution in [0.25, 0.3) is 0 Å². The highest BCUT2D eigenvalue weighted by Gasteiger charge is 2.32. The monoisotopic (exact) mass is 567 g/mol. The van der Waals surface area contributed by atoms with E-state index >= 15 is 0 Å². The predicted octanol–water partition coefficient (Wildman–Crippen LogP) is 3.59. The third-order valence-electron chi connectivity index (χ3n) is 7.11. The third kappa shape index (κ3) is 10.4. The van der Waals surface area contributed by atoms with Crippen LogP contribution in [-0.4, -0.2) is 88.6 Å². The Hall–Kier alpha value is -3.54. The molecule has 2 aromatic heterocycles. The summed E-state index contributed by atoms with van der Waals surface area (Å²) in [5.74, 6) is -0.858. The minimum absolute atomic E-state index is 0.251. The standard InChI is InChI=1S/C30H45N7O4/c1-4-15-35(16-5-2)17-6-7-18-37(28(29(38)39)30(40)41)21-25-10-8-24(9-11-25)20-36(22-26-31-12-13-32-26)23-27-33-14-19-34(27)3/h8-14,19,28H,4-7,15-18,20-23H2,1-3H3,(H,31,32)(H,38,39)(H,40,41). The van der Waals surface area contributed by atoms with E-state index in [-0.39, 0.29) is 6.54 Å². The van der Waals surface area contributed by atoms with Crippen LogP contribution in [0.15, 0.2) is 49.1 Å². The summed E-state index contributed by atoms with van der Waals surface area (Å²) in [5.41, 5.74) is 1.96. The number of aromatic nitrogens is 4. The molecule has 11 heteroatoms. The maximum absolute atomic E-state index is 11.9. The zero-order valence-corrected chi connectivity index (χ0v) is 24.6. The van der Waals surface area contributed by atoms with Gasteiger partial charge < -0.3 is 24.7 Å². The molecule has 0 aliphatic carbocycles. The summed E-state index contributed by atoms with van der Waals surface area (Å²) in [4.78, 5) is 42.0. The maximum Gasteiger partial charge on any atom is 0.332 e. The summed E-state index contributed by atoms with van der Waals surface area (Å²) in [6, 6.07) is 6.37. The smallest absolute Gasteiger partial charge is 0.332 e. The summed E-state index contributed by atoms with van der Waals surface area (Å²) in [6.07, 6.45) is 11.1. The second kappa shape index (κ2) is 16.7. The molecule has 0 fully saturated rings. The summed E-state index contributed by atoms with van der Waals surface area (Å²) < 4.78 is 2.00. The lowest BCUT2D eigenvalue weighted by Gasteiger charge is -2.27. The number of benzene rings is 1. The first-order valence-electron chi connectivity index (χ1n) is 14.5. The Morgan fingerprint density at radius 3 is 2.00 bits per heavy atom. The van der Waals surface area contributed by atoms with Gasteiger partial charge >= 0.3 is 11.9 Å². The number of rotatable bonds is 20. The fourth-order valence-corrected chi connectivity index (χ4v) is 5.09. The molecule has 0 atom stereocenters. The average Bonchev–Trinajstić information content (AvgIpc) is 3.59. The topological polar surface area (TPSA) is 131 Å².